The van der Waals surface area contributed by atoms with Crippen LogP contribution in [0.4, 0.5) is 11.8 Å². The summed E-state index contributed by atoms with van der Waals surface area (Å²) in [5.74, 6) is 1.39. The van der Waals surface area contributed by atoms with Gasteiger partial charge >= 0.3 is 0 Å². The third kappa shape index (κ3) is 3.45. The number of fused-ring (bicyclic) bond motifs is 3. The Morgan fingerprint density at radius 1 is 0.920 bits per heavy atom. The van der Waals surface area contributed by atoms with Crippen LogP contribution in [0.3, 0.4) is 0 Å². The van der Waals surface area contributed by atoms with Crippen molar-refractivity contribution in [2.24, 2.45) is 0 Å². The van der Waals surface area contributed by atoms with Gasteiger partial charge in [0.15, 0.2) is 0 Å². The van der Waals surface area contributed by atoms with E-state index in [2.05, 4.69) is 49.8 Å². The van der Waals surface area contributed by atoms with Gasteiger partial charge in [-0.1, -0.05) is 24.3 Å². The summed E-state index contributed by atoms with van der Waals surface area (Å²) in [7, 11) is 0. The highest BCUT2D eigenvalue weighted by atomic mass is 15.2. The lowest BCUT2D eigenvalue weighted by atomic mass is 10.0. The van der Waals surface area contributed by atoms with Crippen LogP contribution < -0.4 is 21.3 Å². The summed E-state index contributed by atoms with van der Waals surface area (Å²) in [5.41, 5.74) is 11.0. The Labute approximate surface area is 148 Å². The first-order chi connectivity index (χ1) is 12.3. The van der Waals surface area contributed by atoms with E-state index in [0.717, 1.165) is 70.0 Å². The first-order valence-electron chi connectivity index (χ1n) is 9.24. The second-order valence-electron chi connectivity index (χ2n) is 6.73. The first kappa shape index (κ1) is 16.3. The van der Waals surface area contributed by atoms with E-state index in [1.165, 1.54) is 16.7 Å². The van der Waals surface area contributed by atoms with Gasteiger partial charge in [0.2, 0.25) is 5.95 Å². The lowest BCUT2D eigenvalue weighted by Gasteiger charge is -2.26. The molecule has 1 aromatic heterocycles. The molecule has 6 nitrogen and oxygen atoms in total. The average molecular weight is 338 g/mol. The molecular formula is C19H26N6. The number of hydrogen-bond donors (Lipinski definition) is 3. The van der Waals surface area contributed by atoms with Gasteiger partial charge in [-0.05, 0) is 24.8 Å². The van der Waals surface area contributed by atoms with Crippen LogP contribution in [-0.4, -0.2) is 49.2 Å². The van der Waals surface area contributed by atoms with Crippen LogP contribution in [0.1, 0.15) is 17.5 Å². The minimum absolute atomic E-state index is 0.367. The van der Waals surface area contributed by atoms with Crippen LogP contribution >= 0.6 is 0 Å². The van der Waals surface area contributed by atoms with E-state index in [-0.39, 0.29) is 0 Å². The van der Waals surface area contributed by atoms with Crippen molar-refractivity contribution in [3.8, 4) is 11.3 Å². The molecule has 0 amide bonds. The highest BCUT2D eigenvalue weighted by Crippen LogP contribution is 2.35. The van der Waals surface area contributed by atoms with Gasteiger partial charge in [-0.3, -0.25) is 0 Å². The summed E-state index contributed by atoms with van der Waals surface area (Å²) in [5, 5.41) is 6.94. The number of rotatable bonds is 1. The van der Waals surface area contributed by atoms with Crippen LogP contribution in [0.15, 0.2) is 24.3 Å². The lowest BCUT2D eigenvalue weighted by molar-refractivity contribution is 0.652. The van der Waals surface area contributed by atoms with Crippen LogP contribution in [-0.2, 0) is 12.8 Å². The molecule has 4 rings (SSSR count). The highest BCUT2D eigenvalue weighted by molar-refractivity contribution is 5.74. The number of aryl methyl sites for hydroxylation is 1. The minimum atomic E-state index is 0.367. The SMILES string of the molecule is Nc1nc2c(c(N3CCNCCNCC3)n1)CCCc1ccccc1-2. The molecular weight excluding hydrogens is 312 g/mol. The van der Waals surface area contributed by atoms with Crippen molar-refractivity contribution in [1.29, 1.82) is 0 Å². The monoisotopic (exact) mass is 338 g/mol. The number of benzene rings is 1. The van der Waals surface area contributed by atoms with E-state index in [1.54, 1.807) is 0 Å². The molecule has 0 unspecified atom stereocenters. The molecule has 25 heavy (non-hydrogen) atoms. The number of nitrogens with two attached hydrogens (primary N) is 1. The molecule has 1 saturated heterocycles. The molecule has 0 atom stereocenters. The molecule has 132 valence electrons. The zero-order chi connectivity index (χ0) is 17.1. The Balaban J connectivity index is 1.78. The molecule has 0 radical (unpaired) electrons. The summed E-state index contributed by atoms with van der Waals surface area (Å²) >= 11 is 0. The molecule has 1 aromatic carbocycles. The Morgan fingerprint density at radius 3 is 2.48 bits per heavy atom. The maximum Gasteiger partial charge on any atom is 0.222 e. The zero-order valence-corrected chi connectivity index (χ0v) is 14.6. The topological polar surface area (TPSA) is 79.1 Å². The van der Waals surface area contributed by atoms with Gasteiger partial charge in [-0.25, -0.2) is 4.98 Å². The summed E-state index contributed by atoms with van der Waals surface area (Å²) in [4.78, 5) is 11.7. The molecule has 2 aromatic rings. The number of anilines is 2. The van der Waals surface area contributed by atoms with E-state index >= 15 is 0 Å². The molecule has 4 N–H and O–H groups in total. The van der Waals surface area contributed by atoms with Gasteiger partial charge in [0.25, 0.3) is 0 Å². The van der Waals surface area contributed by atoms with E-state index in [4.69, 9.17) is 5.73 Å². The predicted molar refractivity (Wildman–Crippen MR) is 102 cm³/mol. The van der Waals surface area contributed by atoms with Crippen molar-refractivity contribution in [3.63, 3.8) is 0 Å². The standard InChI is InChI=1S/C19H26N6/c20-19-23-17-15-6-2-1-4-14(15)5-3-7-16(17)18(24-19)25-12-10-21-8-9-22-11-13-25/h1-2,4,6,21-22H,3,5,7-13H2,(H2,20,23,24). The van der Waals surface area contributed by atoms with Crippen molar-refractivity contribution in [1.82, 2.24) is 20.6 Å². The summed E-state index contributed by atoms with van der Waals surface area (Å²) in [6.07, 6.45) is 3.20. The summed E-state index contributed by atoms with van der Waals surface area (Å²) < 4.78 is 0. The van der Waals surface area contributed by atoms with Crippen molar-refractivity contribution < 1.29 is 0 Å². The molecule has 0 spiro atoms. The predicted octanol–water partition coefficient (Wildman–Crippen LogP) is 1.21. The molecule has 0 saturated carbocycles. The lowest BCUT2D eigenvalue weighted by Crippen LogP contribution is -2.35. The van der Waals surface area contributed by atoms with E-state index < -0.39 is 0 Å². The first-order valence-corrected chi connectivity index (χ1v) is 9.24. The number of nitrogens with one attached hydrogen (secondary N) is 2. The number of nitrogens with zero attached hydrogens (tertiary/aromatic N) is 3. The second kappa shape index (κ2) is 7.37. The number of hydrogen-bond acceptors (Lipinski definition) is 6. The maximum atomic E-state index is 6.12. The largest absolute Gasteiger partial charge is 0.368 e. The summed E-state index contributed by atoms with van der Waals surface area (Å²) in [6.45, 7) is 5.79. The second-order valence-corrected chi connectivity index (χ2v) is 6.73. The van der Waals surface area contributed by atoms with Crippen molar-refractivity contribution >= 4 is 11.8 Å². The minimum Gasteiger partial charge on any atom is -0.368 e. The van der Waals surface area contributed by atoms with Crippen molar-refractivity contribution in [2.75, 3.05) is 49.9 Å². The van der Waals surface area contributed by atoms with E-state index in [1.807, 2.05) is 0 Å². The number of aromatic nitrogens is 2. The quantitative estimate of drug-likeness (QED) is 0.725. The van der Waals surface area contributed by atoms with Crippen LogP contribution in [0, 0.1) is 0 Å². The number of nitrogen functional groups attached to an aromatic ring is 1. The van der Waals surface area contributed by atoms with Crippen molar-refractivity contribution in [2.45, 2.75) is 19.3 Å². The maximum absolute atomic E-state index is 6.12. The van der Waals surface area contributed by atoms with Crippen LogP contribution in [0.2, 0.25) is 0 Å². The summed E-state index contributed by atoms with van der Waals surface area (Å²) in [6, 6.07) is 8.56. The smallest absolute Gasteiger partial charge is 0.222 e. The van der Waals surface area contributed by atoms with E-state index in [9.17, 15) is 0 Å². The molecule has 0 bridgehead atoms. The Morgan fingerprint density at radius 2 is 1.68 bits per heavy atom. The van der Waals surface area contributed by atoms with Gasteiger partial charge < -0.3 is 21.3 Å². The Hall–Kier alpha value is -2.18. The Kier molecular flexibility index (Phi) is 4.81. The molecule has 2 heterocycles. The molecule has 2 aliphatic rings. The fourth-order valence-electron chi connectivity index (χ4n) is 3.81. The van der Waals surface area contributed by atoms with Gasteiger partial charge in [0, 0.05) is 50.4 Å². The van der Waals surface area contributed by atoms with Crippen LogP contribution in [0.5, 0.6) is 0 Å². The third-order valence-corrected chi connectivity index (χ3v) is 5.04. The fraction of sp³-hybridized carbons (Fsp3) is 0.474. The normalized spacial score (nSPS) is 18.3. The molecule has 1 aliphatic carbocycles. The molecule has 1 fully saturated rings. The van der Waals surface area contributed by atoms with E-state index in [0.29, 0.717) is 5.95 Å². The van der Waals surface area contributed by atoms with Gasteiger partial charge in [-0.2, -0.15) is 4.98 Å². The zero-order valence-electron chi connectivity index (χ0n) is 14.6. The van der Waals surface area contributed by atoms with Gasteiger partial charge in [0.1, 0.15) is 5.82 Å². The highest BCUT2D eigenvalue weighted by Gasteiger charge is 2.23. The van der Waals surface area contributed by atoms with Crippen molar-refractivity contribution in [3.05, 3.63) is 35.4 Å². The average Bonchev–Trinajstić information content (AvgIpc) is 2.70. The fourth-order valence-corrected chi connectivity index (χ4v) is 3.81. The third-order valence-electron chi connectivity index (χ3n) is 5.04. The van der Waals surface area contributed by atoms with Gasteiger partial charge in [-0.15, -0.1) is 0 Å². The Bertz CT molecular complexity index is 735. The molecule has 1 aliphatic heterocycles. The van der Waals surface area contributed by atoms with Gasteiger partial charge in [0.05, 0.1) is 5.69 Å². The molecule has 6 heteroatoms. The van der Waals surface area contributed by atoms with Crippen LogP contribution in [0.25, 0.3) is 11.3 Å².